The second kappa shape index (κ2) is 10.7. The Hall–Kier alpha value is -0.300. The zero-order chi connectivity index (χ0) is 5.98. The number of rotatable bonds is 0. The first-order valence-electron chi connectivity index (χ1n) is 2.33. The third kappa shape index (κ3) is 7.80. The van der Waals surface area contributed by atoms with Crippen LogP contribution in [0.5, 0.6) is 5.75 Å². The Bertz CT molecular complexity index is 158. The number of phenolic OH excluding ortho intramolecular Hbond substituents is 1. The van der Waals surface area contributed by atoms with Crippen molar-refractivity contribution in [3.63, 3.8) is 0 Å². The molecule has 66 valence electrons. The van der Waals surface area contributed by atoms with Gasteiger partial charge in [0.1, 0.15) is 5.75 Å². The summed E-state index contributed by atoms with van der Waals surface area (Å²) in [5.41, 5.74) is 5.98. The average Bonchev–Trinajstić information content (AvgIpc) is 1.77. The molecule has 12 heavy (non-hydrogen) atoms. The minimum atomic E-state index is 0. The first-order valence-corrected chi connectivity index (χ1v) is 2.33. The summed E-state index contributed by atoms with van der Waals surface area (Å²) in [5.74, 6) is 0.249. The van der Waals surface area contributed by atoms with E-state index in [1.165, 1.54) is 0 Å². The molecule has 6 heteroatoms. The van der Waals surface area contributed by atoms with Gasteiger partial charge in [0.15, 0.2) is 0 Å². The summed E-state index contributed by atoms with van der Waals surface area (Å²) >= 11 is 0. The second-order valence-electron chi connectivity index (χ2n) is 1.59. The Kier molecular flexibility index (Phi) is 20.1. The number of nitrogen functional groups attached to an aromatic ring is 1. The van der Waals surface area contributed by atoms with Crippen molar-refractivity contribution >= 4 is 5.69 Å². The van der Waals surface area contributed by atoms with Gasteiger partial charge in [-0.25, -0.2) is 0 Å². The van der Waals surface area contributed by atoms with E-state index in [0.29, 0.717) is 5.69 Å². The summed E-state index contributed by atoms with van der Waals surface area (Å²) in [7, 11) is 0. The fraction of sp³-hybridized carbons (Fsp3) is 0. The number of benzene rings is 1. The van der Waals surface area contributed by atoms with Gasteiger partial charge >= 0.3 is 29.6 Å². The fourth-order valence-corrected chi connectivity index (χ4v) is 0.474. The topological polar surface area (TPSA) is 139 Å². The van der Waals surface area contributed by atoms with Gasteiger partial charge in [-0.2, -0.15) is 0 Å². The van der Waals surface area contributed by atoms with Gasteiger partial charge in [0.25, 0.3) is 0 Å². The standard InChI is InChI=1S/C6H7NO.Na.3H2O/c7-5-1-3-6(8)4-2-5;;;;/h1-4,8H,7H2;;3*1H2/q;+1;;;/p-1. The molecule has 0 atom stereocenters. The third-order valence-corrected chi connectivity index (χ3v) is 0.893. The molecule has 0 heterocycles. The molecule has 0 bridgehead atoms. The van der Waals surface area contributed by atoms with E-state index >= 15 is 0 Å². The molecule has 5 nitrogen and oxygen atoms in total. The van der Waals surface area contributed by atoms with E-state index in [-0.39, 0.29) is 51.7 Å². The van der Waals surface area contributed by atoms with E-state index in [4.69, 9.17) is 10.8 Å². The molecule has 0 radical (unpaired) electrons. The van der Waals surface area contributed by atoms with Gasteiger partial charge in [-0.05, 0) is 24.3 Å². The SMILES string of the molecule is Nc1ccc(O)cc1.O.O.[Na+].[OH-]. The Balaban J connectivity index is -0.0000000800. The number of phenols is 1. The van der Waals surface area contributed by atoms with Crippen molar-refractivity contribution in [1.29, 1.82) is 0 Å². The molecular weight excluding hydrogens is 173 g/mol. The van der Waals surface area contributed by atoms with Gasteiger partial charge in [0.05, 0.1) is 0 Å². The molecule has 1 rings (SSSR count). The zero-order valence-electron chi connectivity index (χ0n) is 6.78. The van der Waals surface area contributed by atoms with E-state index in [0.717, 1.165) is 0 Å². The molecule has 0 fully saturated rings. The van der Waals surface area contributed by atoms with Crippen molar-refractivity contribution in [2.75, 3.05) is 5.73 Å². The maximum Gasteiger partial charge on any atom is 1.00 e. The number of nitrogens with two attached hydrogens (primary N) is 1. The second-order valence-corrected chi connectivity index (χ2v) is 1.59. The minimum absolute atomic E-state index is 0. The van der Waals surface area contributed by atoms with E-state index in [1.54, 1.807) is 24.3 Å². The molecule has 8 N–H and O–H groups in total. The van der Waals surface area contributed by atoms with Crippen molar-refractivity contribution in [3.8, 4) is 5.75 Å². The molecule has 0 aliphatic heterocycles. The molecule has 0 unspecified atom stereocenters. The predicted octanol–water partition coefficient (Wildman–Crippen LogP) is -3.85. The van der Waals surface area contributed by atoms with Crippen LogP contribution in [0, 0.1) is 0 Å². The van der Waals surface area contributed by atoms with Crippen molar-refractivity contribution in [2.45, 2.75) is 0 Å². The Morgan fingerprint density at radius 1 is 1.00 bits per heavy atom. The molecule has 0 spiro atoms. The fourth-order valence-electron chi connectivity index (χ4n) is 0.474. The van der Waals surface area contributed by atoms with E-state index in [2.05, 4.69) is 0 Å². The molecule has 1 aromatic carbocycles. The summed E-state index contributed by atoms with van der Waals surface area (Å²) in [6.45, 7) is 0. The minimum Gasteiger partial charge on any atom is -0.870 e. The van der Waals surface area contributed by atoms with Crippen LogP contribution in [0.1, 0.15) is 0 Å². The first kappa shape index (κ1) is 22.6. The summed E-state index contributed by atoms with van der Waals surface area (Å²) < 4.78 is 0. The van der Waals surface area contributed by atoms with Gasteiger partial charge in [0, 0.05) is 5.69 Å². The summed E-state index contributed by atoms with van der Waals surface area (Å²) in [4.78, 5) is 0. The van der Waals surface area contributed by atoms with Gasteiger partial charge < -0.3 is 27.3 Å². The van der Waals surface area contributed by atoms with Crippen molar-refractivity contribution < 1.29 is 51.1 Å². The number of hydrogen-bond donors (Lipinski definition) is 2. The largest absolute Gasteiger partial charge is 1.00 e. The van der Waals surface area contributed by atoms with Crippen LogP contribution in [-0.4, -0.2) is 21.5 Å². The average molecular weight is 185 g/mol. The van der Waals surface area contributed by atoms with Crippen LogP contribution in [0.2, 0.25) is 0 Å². The van der Waals surface area contributed by atoms with E-state index in [1.807, 2.05) is 0 Å². The van der Waals surface area contributed by atoms with Crippen LogP contribution >= 0.6 is 0 Å². The first-order chi connectivity index (χ1) is 3.79. The zero-order valence-corrected chi connectivity index (χ0v) is 8.78. The maximum absolute atomic E-state index is 8.70. The van der Waals surface area contributed by atoms with E-state index < -0.39 is 0 Å². The summed E-state index contributed by atoms with van der Waals surface area (Å²) in [6, 6.07) is 6.40. The molecule has 0 aliphatic carbocycles. The van der Waals surface area contributed by atoms with Crippen molar-refractivity contribution in [1.82, 2.24) is 0 Å². The smallest absolute Gasteiger partial charge is 0.870 e. The molecule has 0 amide bonds. The number of hydrogen-bond acceptors (Lipinski definition) is 3. The summed E-state index contributed by atoms with van der Waals surface area (Å²) in [6.07, 6.45) is 0. The van der Waals surface area contributed by atoms with Gasteiger partial charge in [0.2, 0.25) is 0 Å². The van der Waals surface area contributed by atoms with Crippen LogP contribution < -0.4 is 35.3 Å². The van der Waals surface area contributed by atoms with Gasteiger partial charge in [-0.3, -0.25) is 0 Å². The van der Waals surface area contributed by atoms with Crippen LogP contribution in [0.3, 0.4) is 0 Å². The van der Waals surface area contributed by atoms with Gasteiger partial charge in [-0.1, -0.05) is 0 Å². The predicted molar refractivity (Wildman–Crippen MR) is 41.7 cm³/mol. The van der Waals surface area contributed by atoms with Crippen molar-refractivity contribution in [3.05, 3.63) is 24.3 Å². The summed E-state index contributed by atoms with van der Waals surface area (Å²) in [5, 5.41) is 8.70. The molecule has 0 aromatic heterocycles. The quantitative estimate of drug-likeness (QED) is 0.243. The molecule has 0 saturated heterocycles. The number of aromatic hydroxyl groups is 1. The molecule has 0 aliphatic rings. The van der Waals surface area contributed by atoms with Crippen LogP contribution in [0.4, 0.5) is 5.69 Å². The Labute approximate surface area is 92.4 Å². The monoisotopic (exact) mass is 185 g/mol. The third-order valence-electron chi connectivity index (χ3n) is 0.893. The normalized spacial score (nSPS) is 6.00. The van der Waals surface area contributed by atoms with Crippen LogP contribution in [0.15, 0.2) is 24.3 Å². The van der Waals surface area contributed by atoms with E-state index in [9.17, 15) is 0 Å². The molecular formula is C6H12NNaO4. The van der Waals surface area contributed by atoms with Crippen molar-refractivity contribution in [2.24, 2.45) is 0 Å². The maximum atomic E-state index is 8.70. The Morgan fingerprint density at radius 3 is 1.58 bits per heavy atom. The molecule has 0 saturated carbocycles. The Morgan fingerprint density at radius 2 is 1.33 bits per heavy atom. The number of anilines is 1. The van der Waals surface area contributed by atoms with Gasteiger partial charge in [-0.15, -0.1) is 0 Å². The van der Waals surface area contributed by atoms with Crippen LogP contribution in [0.25, 0.3) is 0 Å². The van der Waals surface area contributed by atoms with Crippen LogP contribution in [-0.2, 0) is 0 Å². The molecule has 1 aromatic rings.